The largest absolute Gasteiger partial charge is 0.378 e. The predicted molar refractivity (Wildman–Crippen MR) is 68.7 cm³/mol. The molecule has 1 atom stereocenters. The smallest absolute Gasteiger partial charge is 0.138 e. The van der Waals surface area contributed by atoms with E-state index < -0.39 is 0 Å². The number of nitrogens with two attached hydrogens (primary N) is 1. The van der Waals surface area contributed by atoms with E-state index in [1.54, 1.807) is 13.4 Å². The Labute approximate surface area is 108 Å². The SMILES string of the molecule is CCn1ncnc1CC(CC1(OC)CCC1)NN. The Kier molecular flexibility index (Phi) is 4.31. The van der Waals surface area contributed by atoms with Crippen molar-refractivity contribution in [2.75, 3.05) is 7.11 Å². The highest BCUT2D eigenvalue weighted by atomic mass is 16.5. The number of hydrogen-bond donors (Lipinski definition) is 2. The lowest BCUT2D eigenvalue weighted by molar-refractivity contribution is -0.0835. The molecule has 2 rings (SSSR count). The summed E-state index contributed by atoms with van der Waals surface area (Å²) in [4.78, 5) is 4.29. The third-order valence-corrected chi connectivity index (χ3v) is 3.98. The molecule has 1 aliphatic carbocycles. The summed E-state index contributed by atoms with van der Waals surface area (Å²) in [5, 5.41) is 4.18. The fourth-order valence-electron chi connectivity index (χ4n) is 2.63. The molecule has 1 aliphatic rings. The van der Waals surface area contributed by atoms with E-state index in [0.29, 0.717) is 0 Å². The maximum atomic E-state index is 5.66. The van der Waals surface area contributed by atoms with Crippen molar-refractivity contribution in [3.63, 3.8) is 0 Å². The Hall–Kier alpha value is -0.980. The van der Waals surface area contributed by atoms with Crippen LogP contribution in [0.15, 0.2) is 6.33 Å². The van der Waals surface area contributed by atoms with Crippen LogP contribution < -0.4 is 11.3 Å². The van der Waals surface area contributed by atoms with Crippen LogP contribution in [0.2, 0.25) is 0 Å². The number of ether oxygens (including phenoxy) is 1. The van der Waals surface area contributed by atoms with Gasteiger partial charge >= 0.3 is 0 Å². The van der Waals surface area contributed by atoms with Gasteiger partial charge in [-0.2, -0.15) is 5.10 Å². The number of aryl methyl sites for hydroxylation is 1. The minimum Gasteiger partial charge on any atom is -0.378 e. The van der Waals surface area contributed by atoms with Gasteiger partial charge in [-0.3, -0.25) is 16.0 Å². The number of nitrogens with one attached hydrogen (secondary N) is 1. The van der Waals surface area contributed by atoms with Gasteiger partial charge in [-0.1, -0.05) is 0 Å². The highest BCUT2D eigenvalue weighted by Crippen LogP contribution is 2.39. The van der Waals surface area contributed by atoms with E-state index in [1.807, 2.05) is 4.68 Å². The summed E-state index contributed by atoms with van der Waals surface area (Å²) >= 11 is 0. The van der Waals surface area contributed by atoms with Crippen LogP contribution in [0, 0.1) is 0 Å². The zero-order valence-corrected chi connectivity index (χ0v) is 11.2. The molecule has 18 heavy (non-hydrogen) atoms. The molecule has 0 aromatic carbocycles. The molecule has 1 unspecified atom stereocenters. The van der Waals surface area contributed by atoms with Gasteiger partial charge in [0.05, 0.1) is 5.60 Å². The minimum atomic E-state index is 0.0219. The van der Waals surface area contributed by atoms with E-state index in [1.165, 1.54) is 6.42 Å². The molecule has 0 spiro atoms. The Morgan fingerprint density at radius 3 is 2.89 bits per heavy atom. The van der Waals surface area contributed by atoms with E-state index in [4.69, 9.17) is 10.6 Å². The number of rotatable bonds is 7. The molecule has 0 bridgehead atoms. The molecular formula is C12H23N5O. The van der Waals surface area contributed by atoms with Crippen molar-refractivity contribution in [2.24, 2.45) is 5.84 Å². The molecule has 0 aliphatic heterocycles. The Morgan fingerprint density at radius 2 is 2.39 bits per heavy atom. The highest BCUT2D eigenvalue weighted by molar-refractivity contribution is 4.97. The molecule has 1 heterocycles. The van der Waals surface area contributed by atoms with Gasteiger partial charge in [-0.15, -0.1) is 0 Å². The van der Waals surface area contributed by atoms with Crippen LogP contribution in [-0.2, 0) is 17.7 Å². The quantitative estimate of drug-likeness (QED) is 0.550. The minimum absolute atomic E-state index is 0.0219. The lowest BCUT2D eigenvalue weighted by atomic mass is 9.75. The first-order chi connectivity index (χ1) is 8.73. The summed E-state index contributed by atoms with van der Waals surface area (Å²) < 4.78 is 7.55. The first-order valence-corrected chi connectivity index (χ1v) is 6.61. The lowest BCUT2D eigenvalue weighted by Gasteiger charge is -2.42. The topological polar surface area (TPSA) is 78.0 Å². The second-order valence-electron chi connectivity index (χ2n) is 5.00. The van der Waals surface area contributed by atoms with E-state index >= 15 is 0 Å². The summed E-state index contributed by atoms with van der Waals surface area (Å²) in [5.74, 6) is 6.64. The van der Waals surface area contributed by atoms with E-state index in [2.05, 4.69) is 22.4 Å². The molecule has 0 saturated heterocycles. The van der Waals surface area contributed by atoms with Crippen molar-refractivity contribution >= 4 is 0 Å². The average Bonchev–Trinajstić information content (AvgIpc) is 2.79. The molecular weight excluding hydrogens is 230 g/mol. The molecule has 1 saturated carbocycles. The number of hydrazine groups is 1. The molecule has 1 aromatic rings. The number of aromatic nitrogens is 3. The van der Waals surface area contributed by atoms with E-state index in [-0.39, 0.29) is 11.6 Å². The maximum absolute atomic E-state index is 5.66. The molecule has 0 radical (unpaired) electrons. The van der Waals surface area contributed by atoms with Crippen LogP contribution in [0.5, 0.6) is 0 Å². The van der Waals surface area contributed by atoms with E-state index in [9.17, 15) is 0 Å². The van der Waals surface area contributed by atoms with Crippen molar-refractivity contribution in [3.05, 3.63) is 12.2 Å². The van der Waals surface area contributed by atoms with Gasteiger partial charge in [0.2, 0.25) is 0 Å². The Bertz CT molecular complexity index is 369. The van der Waals surface area contributed by atoms with Gasteiger partial charge < -0.3 is 4.74 Å². The summed E-state index contributed by atoms with van der Waals surface area (Å²) in [6.45, 7) is 2.90. The van der Waals surface area contributed by atoms with Crippen molar-refractivity contribution in [2.45, 2.75) is 57.2 Å². The number of hydrogen-bond acceptors (Lipinski definition) is 5. The molecule has 1 aromatic heterocycles. The first-order valence-electron chi connectivity index (χ1n) is 6.61. The van der Waals surface area contributed by atoms with Crippen LogP contribution in [0.1, 0.15) is 38.4 Å². The zero-order chi connectivity index (χ0) is 13.0. The van der Waals surface area contributed by atoms with Crippen molar-refractivity contribution in [1.29, 1.82) is 0 Å². The van der Waals surface area contributed by atoms with Gasteiger partial charge in [0.25, 0.3) is 0 Å². The average molecular weight is 253 g/mol. The third-order valence-electron chi connectivity index (χ3n) is 3.98. The predicted octanol–water partition coefficient (Wildman–Crippen LogP) is 0.632. The van der Waals surface area contributed by atoms with Gasteiger partial charge in [0, 0.05) is 26.1 Å². The van der Waals surface area contributed by atoms with Crippen LogP contribution in [-0.4, -0.2) is 33.5 Å². The van der Waals surface area contributed by atoms with Gasteiger partial charge in [0.15, 0.2) is 0 Å². The summed E-state index contributed by atoms with van der Waals surface area (Å²) in [6, 6.07) is 0.180. The zero-order valence-electron chi connectivity index (χ0n) is 11.2. The number of nitrogens with zero attached hydrogens (tertiary/aromatic N) is 3. The van der Waals surface area contributed by atoms with Crippen LogP contribution >= 0.6 is 0 Å². The molecule has 6 nitrogen and oxygen atoms in total. The highest BCUT2D eigenvalue weighted by Gasteiger charge is 2.39. The van der Waals surface area contributed by atoms with Crippen LogP contribution in [0.25, 0.3) is 0 Å². The molecule has 6 heteroatoms. The lowest BCUT2D eigenvalue weighted by Crippen LogP contribution is -2.48. The second kappa shape index (κ2) is 5.77. The molecule has 0 amide bonds. The maximum Gasteiger partial charge on any atom is 0.138 e. The second-order valence-corrected chi connectivity index (χ2v) is 5.00. The normalized spacial score (nSPS) is 19.5. The Morgan fingerprint density at radius 1 is 1.61 bits per heavy atom. The van der Waals surface area contributed by atoms with E-state index in [0.717, 1.165) is 38.1 Å². The summed E-state index contributed by atoms with van der Waals surface area (Å²) in [7, 11) is 1.79. The standard InChI is InChI=1S/C12H23N5O/c1-3-17-11(14-9-15-17)7-10(16-13)8-12(18-2)5-4-6-12/h9-10,16H,3-8,13H2,1-2H3. The Balaban J connectivity index is 1.97. The van der Waals surface area contributed by atoms with Crippen molar-refractivity contribution in [1.82, 2.24) is 20.2 Å². The fourth-order valence-corrected chi connectivity index (χ4v) is 2.63. The van der Waals surface area contributed by atoms with Crippen molar-refractivity contribution in [3.8, 4) is 0 Å². The van der Waals surface area contributed by atoms with Gasteiger partial charge in [0.1, 0.15) is 12.2 Å². The van der Waals surface area contributed by atoms with Gasteiger partial charge in [-0.25, -0.2) is 4.98 Å². The molecule has 3 N–H and O–H groups in total. The monoisotopic (exact) mass is 253 g/mol. The van der Waals surface area contributed by atoms with Gasteiger partial charge in [-0.05, 0) is 32.6 Å². The first kappa shape index (κ1) is 13.5. The van der Waals surface area contributed by atoms with Crippen molar-refractivity contribution < 1.29 is 4.74 Å². The third kappa shape index (κ3) is 2.71. The fraction of sp³-hybridized carbons (Fsp3) is 0.833. The molecule has 102 valence electrons. The number of methoxy groups -OCH3 is 1. The molecule has 1 fully saturated rings. The van der Waals surface area contributed by atoms with Crippen LogP contribution in [0.3, 0.4) is 0 Å². The van der Waals surface area contributed by atoms with Crippen LogP contribution in [0.4, 0.5) is 0 Å². The summed E-state index contributed by atoms with van der Waals surface area (Å²) in [5.41, 5.74) is 2.91. The summed E-state index contributed by atoms with van der Waals surface area (Å²) in [6.07, 6.45) is 6.81.